The Hall–Kier alpha value is -0.370. The summed E-state index contributed by atoms with van der Waals surface area (Å²) in [6.07, 6.45) is 33.5. The normalized spacial score (nSPS) is 12.3. The number of carbonyl (C=O) groups is 1. The maximum Gasteiger partial charge on any atom is 0.119 e. The lowest BCUT2D eigenvalue weighted by Gasteiger charge is -2.09. The van der Waals surface area contributed by atoms with E-state index in [0.29, 0.717) is 6.42 Å². The number of hydrogen-bond donors (Lipinski definition) is 1. The van der Waals surface area contributed by atoms with Gasteiger partial charge < -0.3 is 9.90 Å². The fourth-order valence-electron chi connectivity index (χ4n) is 4.39. The van der Waals surface area contributed by atoms with Gasteiger partial charge >= 0.3 is 0 Å². The molecule has 0 aliphatic rings. The summed E-state index contributed by atoms with van der Waals surface area (Å²) in [5.41, 5.74) is 0. The highest BCUT2D eigenvalue weighted by Crippen LogP contribution is 2.16. The summed E-state index contributed by atoms with van der Waals surface area (Å²) in [6, 6.07) is 0. The van der Waals surface area contributed by atoms with Crippen LogP contribution in [0.2, 0.25) is 0 Å². The fraction of sp³-hybridized carbons (Fsp3) is 0.964. The van der Waals surface area contributed by atoms with Gasteiger partial charge in [0.15, 0.2) is 0 Å². The Bertz CT molecular complexity index is 316. The van der Waals surface area contributed by atoms with E-state index in [2.05, 4.69) is 6.92 Å². The van der Waals surface area contributed by atoms with Crippen molar-refractivity contribution in [1.82, 2.24) is 0 Å². The quantitative estimate of drug-likeness (QED) is 0.111. The first-order valence-corrected chi connectivity index (χ1v) is 13.9. The van der Waals surface area contributed by atoms with E-state index in [-0.39, 0.29) is 6.10 Å². The maximum absolute atomic E-state index is 10.3. The summed E-state index contributed by atoms with van der Waals surface area (Å²) in [4.78, 5) is 10.3. The molecule has 0 heterocycles. The summed E-state index contributed by atoms with van der Waals surface area (Å²) >= 11 is 0. The lowest BCUT2D eigenvalue weighted by Crippen LogP contribution is -2.05. The minimum Gasteiger partial charge on any atom is -0.393 e. The number of aliphatic hydroxyl groups excluding tert-OH is 1. The molecule has 30 heavy (non-hydrogen) atoms. The Balaban J connectivity index is 3.05. The first-order valence-electron chi connectivity index (χ1n) is 13.9. The summed E-state index contributed by atoms with van der Waals surface area (Å²) in [7, 11) is 0. The Labute approximate surface area is 190 Å². The molecule has 1 unspecified atom stereocenters. The SMILES string of the molecule is CCCCCCCCCCCCCCCCCCCCCCCC(O)CCCC=O. The Morgan fingerprint density at radius 3 is 1.13 bits per heavy atom. The fourth-order valence-corrected chi connectivity index (χ4v) is 4.39. The van der Waals surface area contributed by atoms with Gasteiger partial charge in [0.25, 0.3) is 0 Å². The summed E-state index contributed by atoms with van der Waals surface area (Å²) < 4.78 is 0. The largest absolute Gasteiger partial charge is 0.393 e. The summed E-state index contributed by atoms with van der Waals surface area (Å²) in [5.74, 6) is 0. The molecular formula is C28H56O2. The van der Waals surface area contributed by atoms with Crippen LogP contribution in [0.1, 0.15) is 167 Å². The van der Waals surface area contributed by atoms with E-state index in [9.17, 15) is 9.90 Å². The predicted molar refractivity (Wildman–Crippen MR) is 133 cm³/mol. The molecule has 0 aromatic carbocycles. The number of aldehydes is 1. The van der Waals surface area contributed by atoms with Crippen molar-refractivity contribution in [3.63, 3.8) is 0 Å². The molecule has 0 radical (unpaired) electrons. The van der Waals surface area contributed by atoms with Crippen LogP contribution >= 0.6 is 0 Å². The van der Waals surface area contributed by atoms with Crippen molar-refractivity contribution < 1.29 is 9.90 Å². The Morgan fingerprint density at radius 1 is 0.500 bits per heavy atom. The second kappa shape index (κ2) is 26.7. The van der Waals surface area contributed by atoms with Gasteiger partial charge in [0.2, 0.25) is 0 Å². The molecule has 0 aliphatic carbocycles. The molecule has 0 saturated carbocycles. The number of rotatable bonds is 26. The second-order valence-corrected chi connectivity index (χ2v) is 9.61. The molecule has 0 amide bonds. The van der Waals surface area contributed by atoms with Gasteiger partial charge in [-0.15, -0.1) is 0 Å². The molecule has 1 atom stereocenters. The molecule has 0 aliphatic heterocycles. The second-order valence-electron chi connectivity index (χ2n) is 9.61. The van der Waals surface area contributed by atoms with E-state index < -0.39 is 0 Å². The van der Waals surface area contributed by atoms with Crippen molar-refractivity contribution >= 4 is 6.29 Å². The number of carbonyl (C=O) groups excluding carboxylic acids is 1. The van der Waals surface area contributed by atoms with Crippen LogP contribution in [0.3, 0.4) is 0 Å². The van der Waals surface area contributed by atoms with Crippen molar-refractivity contribution in [3.05, 3.63) is 0 Å². The third-order valence-electron chi connectivity index (χ3n) is 6.50. The van der Waals surface area contributed by atoms with E-state index in [1.54, 1.807) is 0 Å². The molecule has 2 nitrogen and oxygen atoms in total. The van der Waals surface area contributed by atoms with Crippen LogP contribution in [0.25, 0.3) is 0 Å². The van der Waals surface area contributed by atoms with Crippen LogP contribution < -0.4 is 0 Å². The average Bonchev–Trinajstić information content (AvgIpc) is 2.75. The van der Waals surface area contributed by atoms with Gasteiger partial charge in [0, 0.05) is 6.42 Å². The molecule has 0 spiro atoms. The Morgan fingerprint density at radius 2 is 0.800 bits per heavy atom. The van der Waals surface area contributed by atoms with Gasteiger partial charge in [-0.2, -0.15) is 0 Å². The van der Waals surface area contributed by atoms with Gasteiger partial charge in [-0.05, 0) is 19.3 Å². The van der Waals surface area contributed by atoms with Gasteiger partial charge in [-0.3, -0.25) is 0 Å². The van der Waals surface area contributed by atoms with Gasteiger partial charge in [0.1, 0.15) is 6.29 Å². The molecule has 0 aromatic rings. The minimum absolute atomic E-state index is 0.190. The van der Waals surface area contributed by atoms with E-state index in [4.69, 9.17) is 0 Å². The van der Waals surface area contributed by atoms with Crippen LogP contribution in [-0.2, 0) is 4.79 Å². The highest BCUT2D eigenvalue weighted by atomic mass is 16.3. The predicted octanol–water partition coefficient (Wildman–Crippen LogP) is 9.32. The first kappa shape index (κ1) is 29.6. The zero-order valence-corrected chi connectivity index (χ0v) is 20.7. The monoisotopic (exact) mass is 424 g/mol. The molecule has 0 saturated heterocycles. The van der Waals surface area contributed by atoms with E-state index in [1.807, 2.05) is 0 Å². The van der Waals surface area contributed by atoms with Crippen LogP contribution in [0, 0.1) is 0 Å². The molecular weight excluding hydrogens is 368 g/mol. The van der Waals surface area contributed by atoms with Crippen LogP contribution in [0.5, 0.6) is 0 Å². The van der Waals surface area contributed by atoms with Gasteiger partial charge in [-0.1, -0.05) is 142 Å². The standard InChI is InChI=1S/C28H56O2/c1-2-3-4-5-6-7-8-9-10-11-12-13-14-15-16-17-18-19-20-21-22-25-28(30)26-23-24-27-29/h27-28,30H,2-26H2,1H3. The van der Waals surface area contributed by atoms with E-state index >= 15 is 0 Å². The lowest BCUT2D eigenvalue weighted by molar-refractivity contribution is -0.108. The molecule has 0 fully saturated rings. The number of unbranched alkanes of at least 4 members (excludes halogenated alkanes) is 21. The van der Waals surface area contributed by atoms with E-state index in [0.717, 1.165) is 32.0 Å². The highest BCUT2D eigenvalue weighted by Gasteiger charge is 2.03. The van der Waals surface area contributed by atoms with Crippen molar-refractivity contribution in [2.45, 2.75) is 174 Å². The molecule has 0 aromatic heterocycles. The lowest BCUT2D eigenvalue weighted by atomic mass is 10.0. The van der Waals surface area contributed by atoms with Crippen LogP contribution in [0.15, 0.2) is 0 Å². The van der Waals surface area contributed by atoms with Crippen LogP contribution in [-0.4, -0.2) is 17.5 Å². The molecule has 2 heteroatoms. The van der Waals surface area contributed by atoms with Crippen LogP contribution in [0.4, 0.5) is 0 Å². The average molecular weight is 425 g/mol. The molecule has 180 valence electrons. The van der Waals surface area contributed by atoms with Crippen molar-refractivity contribution in [2.75, 3.05) is 0 Å². The summed E-state index contributed by atoms with van der Waals surface area (Å²) in [6.45, 7) is 2.29. The third-order valence-corrected chi connectivity index (χ3v) is 6.50. The van der Waals surface area contributed by atoms with Gasteiger partial charge in [0.05, 0.1) is 6.10 Å². The molecule has 0 rings (SSSR count). The zero-order valence-electron chi connectivity index (χ0n) is 20.7. The van der Waals surface area contributed by atoms with E-state index in [1.165, 1.54) is 128 Å². The first-order chi connectivity index (χ1) is 14.8. The number of aliphatic hydroxyl groups is 1. The highest BCUT2D eigenvalue weighted by molar-refractivity contribution is 5.48. The zero-order chi connectivity index (χ0) is 22.0. The maximum atomic E-state index is 10.3. The van der Waals surface area contributed by atoms with Crippen molar-refractivity contribution in [2.24, 2.45) is 0 Å². The number of hydrogen-bond acceptors (Lipinski definition) is 2. The van der Waals surface area contributed by atoms with Crippen molar-refractivity contribution in [3.8, 4) is 0 Å². The molecule has 1 N–H and O–H groups in total. The minimum atomic E-state index is -0.190. The Kier molecular flexibility index (Phi) is 26.3. The van der Waals surface area contributed by atoms with Crippen molar-refractivity contribution in [1.29, 1.82) is 0 Å². The van der Waals surface area contributed by atoms with Gasteiger partial charge in [-0.25, -0.2) is 0 Å². The molecule has 0 bridgehead atoms. The third kappa shape index (κ3) is 25.7. The summed E-state index contributed by atoms with van der Waals surface area (Å²) in [5, 5.41) is 9.82. The smallest absolute Gasteiger partial charge is 0.119 e. The topological polar surface area (TPSA) is 37.3 Å².